The van der Waals surface area contributed by atoms with Crippen LogP contribution in [0.5, 0.6) is 0 Å². The molecular weight excluding hydrogens is 398 g/mol. The second kappa shape index (κ2) is 10.2. The van der Waals surface area contributed by atoms with Gasteiger partial charge in [0.1, 0.15) is 0 Å². The van der Waals surface area contributed by atoms with E-state index in [1.807, 2.05) is 4.90 Å². The van der Waals surface area contributed by atoms with Gasteiger partial charge in [-0.05, 0) is 81.5 Å². The Hall–Kier alpha value is -1.43. The number of carbonyl (C=O) groups is 1. The van der Waals surface area contributed by atoms with Crippen molar-refractivity contribution in [1.29, 1.82) is 0 Å². The summed E-state index contributed by atoms with van der Waals surface area (Å²) < 4.78 is 6.02. The number of fused-ring (bicyclic) bond motifs is 1. The molecule has 1 aromatic carbocycles. The van der Waals surface area contributed by atoms with E-state index in [1.54, 1.807) is 18.1 Å². The molecule has 5 nitrogen and oxygen atoms in total. The number of hydrogen-bond donors (Lipinski definition) is 0. The van der Waals surface area contributed by atoms with Crippen molar-refractivity contribution in [2.75, 3.05) is 45.9 Å². The van der Waals surface area contributed by atoms with Crippen molar-refractivity contribution < 1.29 is 9.53 Å². The van der Waals surface area contributed by atoms with Gasteiger partial charge >= 0.3 is 0 Å². The Kier molecular flexibility index (Phi) is 7.15. The Morgan fingerprint density at radius 3 is 2.25 bits per heavy atom. The molecule has 1 amide bonds. The molecule has 3 aliphatic heterocycles. The first kappa shape index (κ1) is 22.4. The molecule has 0 spiro atoms. The van der Waals surface area contributed by atoms with Gasteiger partial charge in [-0.15, -0.1) is 0 Å². The third-order valence-electron chi connectivity index (χ3n) is 8.58. The zero-order valence-electron chi connectivity index (χ0n) is 19.9. The molecule has 0 aromatic heterocycles. The Balaban J connectivity index is 1.14. The Morgan fingerprint density at radius 1 is 0.969 bits per heavy atom. The summed E-state index contributed by atoms with van der Waals surface area (Å²) in [7, 11) is 0. The second-order valence-electron chi connectivity index (χ2n) is 10.6. The van der Waals surface area contributed by atoms with Gasteiger partial charge in [0.2, 0.25) is 5.91 Å². The van der Waals surface area contributed by atoms with Crippen molar-refractivity contribution >= 4 is 5.91 Å². The summed E-state index contributed by atoms with van der Waals surface area (Å²) in [5.74, 6) is 1.03. The molecule has 3 saturated heterocycles. The number of nitrogens with zero attached hydrogens (tertiary/aromatic N) is 3. The quantitative estimate of drug-likeness (QED) is 0.681. The maximum Gasteiger partial charge on any atom is 0.219 e. The van der Waals surface area contributed by atoms with Crippen molar-refractivity contribution in [2.45, 2.75) is 76.5 Å². The molecule has 5 heteroatoms. The minimum atomic E-state index is 0.232. The summed E-state index contributed by atoms with van der Waals surface area (Å²) in [6.45, 7) is 9.28. The third-order valence-corrected chi connectivity index (χ3v) is 8.58. The van der Waals surface area contributed by atoms with E-state index in [-0.39, 0.29) is 5.91 Å². The number of ether oxygens (including phenoxy) is 1. The fourth-order valence-corrected chi connectivity index (χ4v) is 6.59. The lowest BCUT2D eigenvalue weighted by atomic mass is 9.92. The molecule has 0 bridgehead atoms. The van der Waals surface area contributed by atoms with Gasteiger partial charge in [-0.3, -0.25) is 14.6 Å². The Labute approximate surface area is 194 Å². The number of piperidine rings is 2. The minimum Gasteiger partial charge on any atom is -0.377 e. The van der Waals surface area contributed by atoms with Crippen LogP contribution in [-0.2, 0) is 22.4 Å². The van der Waals surface area contributed by atoms with Crippen molar-refractivity contribution in [3.63, 3.8) is 0 Å². The first-order valence-corrected chi connectivity index (χ1v) is 13.1. The molecule has 0 N–H and O–H groups in total. The lowest BCUT2D eigenvalue weighted by Crippen LogP contribution is -2.51. The van der Waals surface area contributed by atoms with Crippen LogP contribution in [0.2, 0.25) is 0 Å². The van der Waals surface area contributed by atoms with Crippen LogP contribution >= 0.6 is 0 Å². The summed E-state index contributed by atoms with van der Waals surface area (Å²) in [5.41, 5.74) is 3.14. The van der Waals surface area contributed by atoms with Crippen molar-refractivity contribution in [3.05, 3.63) is 35.4 Å². The van der Waals surface area contributed by atoms with Crippen molar-refractivity contribution in [2.24, 2.45) is 5.92 Å². The van der Waals surface area contributed by atoms with E-state index in [0.717, 1.165) is 45.0 Å². The van der Waals surface area contributed by atoms with Gasteiger partial charge in [0.15, 0.2) is 0 Å². The molecule has 4 aliphatic rings. The van der Waals surface area contributed by atoms with Gasteiger partial charge in [0.05, 0.1) is 6.10 Å². The highest BCUT2D eigenvalue weighted by Crippen LogP contribution is 2.30. The van der Waals surface area contributed by atoms with Crippen LogP contribution in [0, 0.1) is 5.92 Å². The normalized spacial score (nSPS) is 26.2. The number of hydrogen-bond acceptors (Lipinski definition) is 4. The Bertz CT molecular complexity index is 737. The van der Waals surface area contributed by atoms with Gasteiger partial charge in [0, 0.05) is 51.8 Å². The number of rotatable bonds is 6. The highest BCUT2D eigenvalue weighted by molar-refractivity contribution is 5.73. The fourth-order valence-electron chi connectivity index (χ4n) is 6.59. The average Bonchev–Trinajstić information content (AvgIpc) is 3.49. The van der Waals surface area contributed by atoms with E-state index < -0.39 is 0 Å². The predicted octanol–water partition coefficient (Wildman–Crippen LogP) is 3.36. The number of amides is 1. The van der Waals surface area contributed by atoms with E-state index in [2.05, 4.69) is 34.1 Å². The van der Waals surface area contributed by atoms with Gasteiger partial charge in [-0.2, -0.15) is 0 Å². The van der Waals surface area contributed by atoms with Crippen LogP contribution in [0.15, 0.2) is 24.3 Å². The molecule has 32 heavy (non-hydrogen) atoms. The average molecular weight is 440 g/mol. The second-order valence-corrected chi connectivity index (χ2v) is 10.6. The van der Waals surface area contributed by atoms with Crippen molar-refractivity contribution in [3.8, 4) is 0 Å². The minimum absolute atomic E-state index is 0.232. The van der Waals surface area contributed by atoms with Crippen LogP contribution in [0.25, 0.3) is 0 Å². The zero-order chi connectivity index (χ0) is 21.9. The van der Waals surface area contributed by atoms with E-state index in [0.29, 0.717) is 18.2 Å². The summed E-state index contributed by atoms with van der Waals surface area (Å²) >= 11 is 0. The lowest BCUT2D eigenvalue weighted by Gasteiger charge is -2.42. The molecule has 5 rings (SSSR count). The maximum atomic E-state index is 11.8. The molecular formula is C27H41N3O2. The molecule has 3 heterocycles. The van der Waals surface area contributed by atoms with Crippen LogP contribution in [0.3, 0.4) is 0 Å². The SMILES string of the molecule is CC(=O)N1CCC(N(CC2CCN(C3Cc4ccccc4C3)CC2)CC2CCCO2)CC1. The van der Waals surface area contributed by atoms with Crippen LogP contribution in [-0.4, -0.2) is 84.7 Å². The smallest absolute Gasteiger partial charge is 0.219 e. The van der Waals surface area contributed by atoms with Crippen LogP contribution in [0.1, 0.15) is 56.6 Å². The van der Waals surface area contributed by atoms with E-state index in [9.17, 15) is 4.79 Å². The molecule has 0 radical (unpaired) electrons. The standard InChI is InChI=1S/C27H41N3O2/c1-21(31)28-14-10-25(11-15-28)30(20-27-7-4-16-32-27)19-22-8-12-29(13-9-22)26-17-23-5-2-3-6-24(23)18-26/h2-3,5-6,22,25-27H,4,7-20H2,1H3. The van der Waals surface area contributed by atoms with Gasteiger partial charge in [0.25, 0.3) is 0 Å². The highest BCUT2D eigenvalue weighted by atomic mass is 16.5. The summed E-state index contributed by atoms with van der Waals surface area (Å²) in [6, 6.07) is 10.4. The molecule has 1 atom stereocenters. The highest BCUT2D eigenvalue weighted by Gasteiger charge is 2.33. The van der Waals surface area contributed by atoms with Gasteiger partial charge in [-0.1, -0.05) is 24.3 Å². The van der Waals surface area contributed by atoms with Crippen LogP contribution in [0.4, 0.5) is 0 Å². The number of likely N-dealkylation sites (tertiary alicyclic amines) is 2. The lowest BCUT2D eigenvalue weighted by molar-refractivity contribution is -0.130. The summed E-state index contributed by atoms with van der Waals surface area (Å²) in [6.07, 6.45) is 10.2. The monoisotopic (exact) mass is 439 g/mol. The third kappa shape index (κ3) is 5.21. The topological polar surface area (TPSA) is 36.0 Å². The first-order chi connectivity index (χ1) is 15.7. The summed E-state index contributed by atoms with van der Waals surface area (Å²) in [5, 5.41) is 0. The zero-order valence-corrected chi connectivity index (χ0v) is 19.9. The predicted molar refractivity (Wildman–Crippen MR) is 128 cm³/mol. The fraction of sp³-hybridized carbons (Fsp3) is 0.741. The van der Waals surface area contributed by atoms with Crippen LogP contribution < -0.4 is 0 Å². The molecule has 1 aliphatic carbocycles. The maximum absolute atomic E-state index is 11.8. The van der Waals surface area contributed by atoms with E-state index in [1.165, 1.54) is 58.2 Å². The first-order valence-electron chi connectivity index (χ1n) is 13.1. The molecule has 0 saturated carbocycles. The number of carbonyl (C=O) groups excluding carboxylic acids is 1. The largest absolute Gasteiger partial charge is 0.377 e. The number of benzene rings is 1. The van der Waals surface area contributed by atoms with Gasteiger partial charge < -0.3 is 9.64 Å². The van der Waals surface area contributed by atoms with E-state index in [4.69, 9.17) is 4.74 Å². The van der Waals surface area contributed by atoms with E-state index >= 15 is 0 Å². The molecule has 1 unspecified atom stereocenters. The molecule has 3 fully saturated rings. The Morgan fingerprint density at radius 2 is 1.66 bits per heavy atom. The van der Waals surface area contributed by atoms with Crippen molar-refractivity contribution in [1.82, 2.24) is 14.7 Å². The summed E-state index contributed by atoms with van der Waals surface area (Å²) in [4.78, 5) is 19.3. The van der Waals surface area contributed by atoms with Gasteiger partial charge in [-0.25, -0.2) is 0 Å². The molecule has 1 aromatic rings. The molecule has 176 valence electrons.